The van der Waals surface area contributed by atoms with Gasteiger partial charge in [0.2, 0.25) is 0 Å². The van der Waals surface area contributed by atoms with E-state index < -0.39 is 0 Å². The van der Waals surface area contributed by atoms with Crippen molar-refractivity contribution in [2.24, 2.45) is 0 Å². The first-order valence-corrected chi connectivity index (χ1v) is 7.24. The number of para-hydroxylation sites is 1. The minimum Gasteiger partial charge on any atom is -0.247 e. The van der Waals surface area contributed by atoms with Crippen molar-refractivity contribution in [1.29, 1.82) is 0 Å². The highest BCUT2D eigenvalue weighted by molar-refractivity contribution is 6.32. The van der Waals surface area contributed by atoms with Crippen LogP contribution in [0.4, 0.5) is 0 Å². The number of pyridine rings is 1. The van der Waals surface area contributed by atoms with Crippen molar-refractivity contribution in [2.45, 2.75) is 0 Å². The van der Waals surface area contributed by atoms with E-state index in [2.05, 4.69) is 24.3 Å². The summed E-state index contributed by atoms with van der Waals surface area (Å²) in [5.41, 5.74) is 3.11. The lowest BCUT2D eigenvalue weighted by Gasteiger charge is -2.10. The highest BCUT2D eigenvalue weighted by Gasteiger charge is 2.10. The molecule has 0 atom stereocenters. The van der Waals surface area contributed by atoms with Crippen LogP contribution in [0, 0.1) is 0 Å². The van der Waals surface area contributed by atoms with E-state index in [1.807, 2.05) is 48.5 Å². The second kappa shape index (κ2) is 4.87. The molecule has 2 heteroatoms. The zero-order chi connectivity index (χ0) is 14.2. The van der Waals surface area contributed by atoms with Gasteiger partial charge in [0.25, 0.3) is 0 Å². The molecule has 0 bridgehead atoms. The quantitative estimate of drug-likeness (QED) is 0.409. The minimum atomic E-state index is 0.748. The van der Waals surface area contributed by atoms with Crippen LogP contribution in [0.25, 0.3) is 32.9 Å². The third-order valence-electron chi connectivity index (χ3n) is 3.71. The van der Waals surface area contributed by atoms with Gasteiger partial charge >= 0.3 is 0 Å². The van der Waals surface area contributed by atoms with Crippen molar-refractivity contribution in [3.63, 3.8) is 0 Å². The normalized spacial score (nSPS) is 11.1. The Morgan fingerprint density at radius 1 is 0.667 bits per heavy atom. The van der Waals surface area contributed by atoms with E-state index in [9.17, 15) is 0 Å². The topological polar surface area (TPSA) is 12.9 Å². The van der Waals surface area contributed by atoms with Crippen molar-refractivity contribution >= 4 is 33.3 Å². The van der Waals surface area contributed by atoms with E-state index in [0.29, 0.717) is 0 Å². The monoisotopic (exact) mass is 289 g/mol. The molecule has 1 nitrogen and oxygen atoms in total. The van der Waals surface area contributed by atoms with Gasteiger partial charge in [-0.1, -0.05) is 66.2 Å². The number of aromatic nitrogens is 1. The Balaban J connectivity index is 2.19. The third kappa shape index (κ3) is 2.07. The molecule has 0 fully saturated rings. The van der Waals surface area contributed by atoms with Gasteiger partial charge in [-0.15, -0.1) is 0 Å². The van der Waals surface area contributed by atoms with Crippen molar-refractivity contribution in [3.8, 4) is 11.3 Å². The lowest BCUT2D eigenvalue weighted by molar-refractivity contribution is 1.43. The molecule has 0 aliphatic rings. The van der Waals surface area contributed by atoms with Crippen LogP contribution >= 0.6 is 11.6 Å². The maximum absolute atomic E-state index is 6.20. The van der Waals surface area contributed by atoms with Gasteiger partial charge in [-0.25, -0.2) is 4.98 Å². The Hall–Kier alpha value is -2.38. The summed E-state index contributed by atoms with van der Waals surface area (Å²) in [4.78, 5) is 4.86. The largest absolute Gasteiger partial charge is 0.247 e. The van der Waals surface area contributed by atoms with E-state index in [0.717, 1.165) is 38.0 Å². The average molecular weight is 290 g/mol. The van der Waals surface area contributed by atoms with Crippen LogP contribution in [0.2, 0.25) is 5.02 Å². The van der Waals surface area contributed by atoms with E-state index in [1.54, 1.807) is 0 Å². The van der Waals surface area contributed by atoms with Crippen molar-refractivity contribution in [1.82, 2.24) is 4.98 Å². The second-order valence-electron chi connectivity index (χ2n) is 5.03. The first kappa shape index (κ1) is 12.4. The molecule has 3 aromatic carbocycles. The molecule has 0 spiro atoms. The molecule has 0 saturated carbocycles. The van der Waals surface area contributed by atoms with Crippen LogP contribution in [0.5, 0.6) is 0 Å². The maximum Gasteiger partial charge on any atom is 0.0788 e. The van der Waals surface area contributed by atoms with Gasteiger partial charge < -0.3 is 0 Å². The average Bonchev–Trinajstić information content (AvgIpc) is 2.55. The molecule has 1 aromatic heterocycles. The predicted octanol–water partition coefficient (Wildman–Crippen LogP) is 5.71. The van der Waals surface area contributed by atoms with Gasteiger partial charge in [0.05, 0.1) is 11.2 Å². The van der Waals surface area contributed by atoms with Crippen molar-refractivity contribution in [3.05, 3.63) is 77.8 Å². The summed E-state index contributed by atoms with van der Waals surface area (Å²) >= 11 is 6.20. The lowest BCUT2D eigenvalue weighted by atomic mass is 10.0. The summed E-state index contributed by atoms with van der Waals surface area (Å²) in [7, 11) is 0. The van der Waals surface area contributed by atoms with Gasteiger partial charge in [-0.3, -0.25) is 0 Å². The fourth-order valence-corrected chi connectivity index (χ4v) is 2.91. The molecule has 0 aliphatic heterocycles. The van der Waals surface area contributed by atoms with Gasteiger partial charge in [0, 0.05) is 21.4 Å². The van der Waals surface area contributed by atoms with Crippen LogP contribution in [0.1, 0.15) is 0 Å². The number of rotatable bonds is 1. The molecular weight excluding hydrogens is 278 g/mol. The van der Waals surface area contributed by atoms with Crippen molar-refractivity contribution in [2.75, 3.05) is 0 Å². The molecule has 21 heavy (non-hydrogen) atoms. The van der Waals surface area contributed by atoms with Crippen LogP contribution < -0.4 is 0 Å². The molecule has 1 heterocycles. The molecule has 0 aliphatic carbocycles. The molecule has 4 aromatic rings. The van der Waals surface area contributed by atoms with Crippen LogP contribution in [-0.4, -0.2) is 4.98 Å². The van der Waals surface area contributed by atoms with Crippen LogP contribution in [-0.2, 0) is 0 Å². The number of hydrogen-bond donors (Lipinski definition) is 0. The predicted molar refractivity (Wildman–Crippen MR) is 89.7 cm³/mol. The number of hydrogen-bond acceptors (Lipinski definition) is 1. The lowest BCUT2D eigenvalue weighted by Crippen LogP contribution is -1.89. The molecule has 0 saturated heterocycles. The van der Waals surface area contributed by atoms with Gasteiger partial charge in [-0.05, 0) is 23.6 Å². The summed E-state index contributed by atoms with van der Waals surface area (Å²) in [5.74, 6) is 0. The zero-order valence-electron chi connectivity index (χ0n) is 11.3. The van der Waals surface area contributed by atoms with E-state index in [4.69, 9.17) is 16.6 Å². The SMILES string of the molecule is Clc1ccc2c(-c3ccccc3)nc3ccccc3c2c1. The molecular formula is C19H12ClN. The zero-order valence-corrected chi connectivity index (χ0v) is 12.0. The van der Waals surface area contributed by atoms with E-state index in [-0.39, 0.29) is 0 Å². The Kier molecular flexibility index (Phi) is 2.87. The summed E-state index contributed by atoms with van der Waals surface area (Å²) < 4.78 is 0. The van der Waals surface area contributed by atoms with Crippen LogP contribution in [0.3, 0.4) is 0 Å². The fraction of sp³-hybridized carbons (Fsp3) is 0. The minimum absolute atomic E-state index is 0.748. The summed E-state index contributed by atoms with van der Waals surface area (Å²) in [6.45, 7) is 0. The van der Waals surface area contributed by atoms with Crippen molar-refractivity contribution < 1.29 is 0 Å². The Bertz CT molecular complexity index is 945. The molecule has 100 valence electrons. The number of fused-ring (bicyclic) bond motifs is 3. The molecule has 0 amide bonds. The Morgan fingerprint density at radius 3 is 2.29 bits per heavy atom. The second-order valence-corrected chi connectivity index (χ2v) is 5.47. The Morgan fingerprint density at radius 2 is 1.43 bits per heavy atom. The van der Waals surface area contributed by atoms with E-state index >= 15 is 0 Å². The molecule has 0 unspecified atom stereocenters. The highest BCUT2D eigenvalue weighted by Crippen LogP contribution is 2.33. The Labute approximate surface area is 127 Å². The number of benzene rings is 3. The third-order valence-corrected chi connectivity index (χ3v) is 3.95. The highest BCUT2D eigenvalue weighted by atomic mass is 35.5. The maximum atomic E-state index is 6.20. The fourth-order valence-electron chi connectivity index (χ4n) is 2.74. The first-order valence-electron chi connectivity index (χ1n) is 6.86. The molecule has 0 radical (unpaired) electrons. The van der Waals surface area contributed by atoms with Crippen LogP contribution in [0.15, 0.2) is 72.8 Å². The van der Waals surface area contributed by atoms with E-state index in [1.165, 1.54) is 0 Å². The van der Waals surface area contributed by atoms with Gasteiger partial charge in [-0.2, -0.15) is 0 Å². The number of nitrogens with zero attached hydrogens (tertiary/aromatic N) is 1. The molecule has 0 N–H and O–H groups in total. The van der Waals surface area contributed by atoms with Gasteiger partial charge in [0.1, 0.15) is 0 Å². The standard InChI is InChI=1S/C19H12ClN/c20-14-10-11-16-17(12-14)15-8-4-5-9-18(15)21-19(16)13-6-2-1-3-7-13/h1-12H. The number of halogens is 1. The first-order chi connectivity index (χ1) is 10.3. The molecule has 4 rings (SSSR count). The van der Waals surface area contributed by atoms with Gasteiger partial charge in [0.15, 0.2) is 0 Å². The summed E-state index contributed by atoms with van der Waals surface area (Å²) in [6, 6.07) is 24.5. The summed E-state index contributed by atoms with van der Waals surface area (Å²) in [5, 5.41) is 4.16. The summed E-state index contributed by atoms with van der Waals surface area (Å²) in [6.07, 6.45) is 0. The smallest absolute Gasteiger partial charge is 0.0788 e.